The molecule has 1 aromatic carbocycles. The summed E-state index contributed by atoms with van der Waals surface area (Å²) in [5.41, 5.74) is 6.96. The molecule has 1 aliphatic carbocycles. The van der Waals surface area contributed by atoms with E-state index in [0.29, 0.717) is 35.0 Å². The molecule has 0 bridgehead atoms. The summed E-state index contributed by atoms with van der Waals surface area (Å²) >= 11 is 0. The Kier molecular flexibility index (Phi) is 6.87. The highest BCUT2D eigenvalue weighted by Gasteiger charge is 2.26. The molecular weight excluding hydrogens is 452 g/mol. The number of hydrogen-bond acceptors (Lipinski definition) is 7. The van der Waals surface area contributed by atoms with Gasteiger partial charge in [-0.1, -0.05) is 0 Å². The highest BCUT2D eigenvalue weighted by Crippen LogP contribution is 2.31. The Bertz CT molecular complexity index is 1250. The standard InChI is InChI=1S/C26H31F2N5O2/c1-14-11-19(17-9-10-18(29)23(28)22(17)27)32-20-13-30-25(33-24(14)20)31-16-7-5-15(6-8-16)12-21(34)35-26(2,3)4/h9-11,13,15-16H,5-8,12,29H2,1-4H3,(H,30,31,33). The average Bonchev–Trinajstić information content (AvgIpc) is 2.78. The molecule has 0 aliphatic heterocycles. The van der Waals surface area contributed by atoms with Gasteiger partial charge in [-0.3, -0.25) is 4.79 Å². The van der Waals surface area contributed by atoms with Gasteiger partial charge in [0.05, 0.1) is 23.1 Å². The number of pyridine rings is 1. The summed E-state index contributed by atoms with van der Waals surface area (Å²) < 4.78 is 33.8. The van der Waals surface area contributed by atoms with Crippen LogP contribution in [0.4, 0.5) is 20.4 Å². The highest BCUT2D eigenvalue weighted by atomic mass is 19.2. The SMILES string of the molecule is Cc1cc(-c2ccc(N)c(F)c2F)nc2cnc(NC3CCC(CC(=O)OC(C)(C)C)CC3)nc12. The first kappa shape index (κ1) is 24.8. The number of fused-ring (bicyclic) bond motifs is 1. The van der Waals surface area contributed by atoms with Crippen molar-refractivity contribution in [3.05, 3.63) is 41.6 Å². The number of anilines is 2. The first-order valence-corrected chi connectivity index (χ1v) is 11.9. The van der Waals surface area contributed by atoms with E-state index in [-0.39, 0.29) is 23.3 Å². The number of nitrogen functional groups attached to an aromatic ring is 1. The van der Waals surface area contributed by atoms with Gasteiger partial charge in [-0.15, -0.1) is 0 Å². The molecule has 1 fully saturated rings. The molecular formula is C26H31F2N5O2. The van der Waals surface area contributed by atoms with Gasteiger partial charge in [-0.25, -0.2) is 23.7 Å². The lowest BCUT2D eigenvalue weighted by Gasteiger charge is -2.29. The number of hydrogen-bond donors (Lipinski definition) is 2. The van der Waals surface area contributed by atoms with E-state index in [9.17, 15) is 13.6 Å². The predicted molar refractivity (Wildman–Crippen MR) is 132 cm³/mol. The van der Waals surface area contributed by atoms with Crippen LogP contribution in [-0.2, 0) is 9.53 Å². The van der Waals surface area contributed by atoms with Crippen LogP contribution < -0.4 is 11.1 Å². The summed E-state index contributed by atoms with van der Waals surface area (Å²) in [5, 5.41) is 3.39. The summed E-state index contributed by atoms with van der Waals surface area (Å²) in [4.78, 5) is 25.6. The smallest absolute Gasteiger partial charge is 0.306 e. The Morgan fingerprint density at radius 3 is 2.54 bits per heavy atom. The molecule has 2 aromatic heterocycles. The van der Waals surface area contributed by atoms with Crippen LogP contribution in [-0.4, -0.2) is 32.6 Å². The molecule has 0 spiro atoms. The number of rotatable bonds is 5. The van der Waals surface area contributed by atoms with Crippen molar-refractivity contribution in [2.24, 2.45) is 5.92 Å². The molecule has 3 aromatic rings. The third-order valence-corrected chi connectivity index (χ3v) is 6.18. The second-order valence-electron chi connectivity index (χ2n) is 10.2. The summed E-state index contributed by atoms with van der Waals surface area (Å²) in [5.74, 6) is -1.44. The minimum Gasteiger partial charge on any atom is -0.460 e. The number of aryl methyl sites for hydroxylation is 1. The first-order chi connectivity index (χ1) is 16.5. The quantitative estimate of drug-likeness (QED) is 0.362. The van der Waals surface area contributed by atoms with Crippen molar-refractivity contribution in [2.45, 2.75) is 71.4 Å². The second kappa shape index (κ2) is 9.71. The fourth-order valence-electron chi connectivity index (χ4n) is 4.47. The number of ether oxygens (including phenoxy) is 1. The molecule has 9 heteroatoms. The molecule has 3 N–H and O–H groups in total. The Labute approximate surface area is 203 Å². The van der Waals surface area contributed by atoms with Gasteiger partial charge in [-0.05, 0) is 83.1 Å². The van der Waals surface area contributed by atoms with E-state index in [0.717, 1.165) is 31.2 Å². The molecule has 0 atom stereocenters. The minimum absolute atomic E-state index is 0.0343. The summed E-state index contributed by atoms with van der Waals surface area (Å²) in [6.07, 6.45) is 5.71. The number of esters is 1. The van der Waals surface area contributed by atoms with Crippen LogP contribution in [0.3, 0.4) is 0 Å². The zero-order valence-corrected chi connectivity index (χ0v) is 20.5. The largest absolute Gasteiger partial charge is 0.460 e. The molecule has 0 radical (unpaired) electrons. The van der Waals surface area contributed by atoms with Crippen LogP contribution in [0.5, 0.6) is 0 Å². The monoisotopic (exact) mass is 483 g/mol. The van der Waals surface area contributed by atoms with Crippen LogP contribution in [0.2, 0.25) is 0 Å². The number of aromatic nitrogens is 3. The summed E-state index contributed by atoms with van der Waals surface area (Å²) in [7, 11) is 0. The normalized spacial score (nSPS) is 18.5. The average molecular weight is 484 g/mol. The molecule has 0 amide bonds. The highest BCUT2D eigenvalue weighted by molar-refractivity contribution is 5.82. The van der Waals surface area contributed by atoms with Crippen molar-refractivity contribution < 1.29 is 18.3 Å². The second-order valence-corrected chi connectivity index (χ2v) is 10.2. The molecule has 1 aliphatic rings. The number of carbonyl (C=O) groups excluding carboxylic acids is 1. The molecule has 0 unspecified atom stereocenters. The topological polar surface area (TPSA) is 103 Å². The van der Waals surface area contributed by atoms with Crippen molar-refractivity contribution in [1.82, 2.24) is 15.0 Å². The Hall–Kier alpha value is -3.36. The van der Waals surface area contributed by atoms with Crippen molar-refractivity contribution in [2.75, 3.05) is 11.1 Å². The third-order valence-electron chi connectivity index (χ3n) is 6.18. The van der Waals surface area contributed by atoms with Gasteiger partial charge in [0.1, 0.15) is 11.1 Å². The molecule has 35 heavy (non-hydrogen) atoms. The van der Waals surface area contributed by atoms with Gasteiger partial charge in [0.15, 0.2) is 11.6 Å². The van der Waals surface area contributed by atoms with Crippen LogP contribution >= 0.6 is 0 Å². The maximum Gasteiger partial charge on any atom is 0.306 e. The predicted octanol–water partition coefficient (Wildman–Crippen LogP) is 5.56. The molecule has 4 rings (SSSR count). The van der Waals surface area contributed by atoms with Crippen molar-refractivity contribution in [3.8, 4) is 11.3 Å². The van der Waals surface area contributed by atoms with Crippen LogP contribution in [0, 0.1) is 24.5 Å². The number of nitrogens with zero attached hydrogens (tertiary/aromatic N) is 3. The number of carbonyl (C=O) groups is 1. The Balaban J connectivity index is 1.43. The Morgan fingerprint density at radius 1 is 1.14 bits per heavy atom. The van der Waals surface area contributed by atoms with E-state index >= 15 is 0 Å². The van der Waals surface area contributed by atoms with Crippen molar-refractivity contribution in [3.63, 3.8) is 0 Å². The van der Waals surface area contributed by atoms with Gasteiger partial charge >= 0.3 is 5.97 Å². The molecule has 2 heterocycles. The first-order valence-electron chi connectivity index (χ1n) is 11.9. The third kappa shape index (κ3) is 5.83. The maximum absolute atomic E-state index is 14.4. The van der Waals surface area contributed by atoms with E-state index in [1.54, 1.807) is 12.3 Å². The van der Waals surface area contributed by atoms with E-state index in [2.05, 4.69) is 20.3 Å². The lowest BCUT2D eigenvalue weighted by molar-refractivity contribution is -0.156. The molecule has 186 valence electrons. The zero-order valence-electron chi connectivity index (χ0n) is 20.5. The van der Waals surface area contributed by atoms with Crippen LogP contribution in [0.1, 0.15) is 58.4 Å². The van der Waals surface area contributed by atoms with Gasteiger partial charge in [-0.2, -0.15) is 0 Å². The molecule has 1 saturated carbocycles. The fourth-order valence-corrected chi connectivity index (χ4v) is 4.47. The van der Waals surface area contributed by atoms with Crippen molar-refractivity contribution in [1.29, 1.82) is 0 Å². The van der Waals surface area contributed by atoms with Gasteiger partial charge < -0.3 is 15.8 Å². The maximum atomic E-state index is 14.4. The van der Waals surface area contributed by atoms with Gasteiger partial charge in [0.2, 0.25) is 5.95 Å². The summed E-state index contributed by atoms with van der Waals surface area (Å²) in [6, 6.07) is 4.62. The van der Waals surface area contributed by atoms with E-state index in [1.165, 1.54) is 12.1 Å². The number of halogens is 2. The zero-order chi connectivity index (χ0) is 25.3. The lowest BCUT2D eigenvalue weighted by Crippen LogP contribution is -2.30. The number of nitrogens with two attached hydrogens (primary N) is 1. The van der Waals surface area contributed by atoms with Crippen molar-refractivity contribution >= 4 is 28.6 Å². The van der Waals surface area contributed by atoms with Crippen LogP contribution in [0.25, 0.3) is 22.3 Å². The minimum atomic E-state index is -1.08. The number of benzene rings is 1. The number of nitrogens with one attached hydrogen (secondary N) is 1. The fraction of sp³-hybridized carbons (Fsp3) is 0.462. The van der Waals surface area contributed by atoms with E-state index < -0.39 is 17.2 Å². The van der Waals surface area contributed by atoms with E-state index in [1.807, 2.05) is 27.7 Å². The van der Waals surface area contributed by atoms with Gasteiger partial charge in [0.25, 0.3) is 0 Å². The summed E-state index contributed by atoms with van der Waals surface area (Å²) in [6.45, 7) is 7.48. The van der Waals surface area contributed by atoms with Gasteiger partial charge in [0, 0.05) is 18.0 Å². The molecule has 0 saturated heterocycles. The van der Waals surface area contributed by atoms with E-state index in [4.69, 9.17) is 10.5 Å². The Morgan fingerprint density at radius 2 is 1.86 bits per heavy atom. The molecule has 7 nitrogen and oxygen atoms in total. The van der Waals surface area contributed by atoms with Crippen LogP contribution in [0.15, 0.2) is 24.4 Å². The lowest BCUT2D eigenvalue weighted by atomic mass is 9.84.